The maximum atomic E-state index is 12.2. The number of hydrogen-bond acceptors (Lipinski definition) is 4. The number of unbranched alkanes of at least 4 members (excludes halogenated alkanes) is 26. The van der Waals surface area contributed by atoms with Gasteiger partial charge in [-0.1, -0.05) is 167 Å². The molecule has 0 rings (SSSR count). The minimum atomic E-state index is -0.535. The van der Waals surface area contributed by atoms with Crippen LogP contribution >= 0.6 is 0 Å². The second-order valence-electron chi connectivity index (χ2n) is 13.7. The number of aliphatic hydroxyl groups is 1. The number of esters is 1. The van der Waals surface area contributed by atoms with Crippen molar-refractivity contribution in [3.8, 4) is 0 Å². The average Bonchev–Trinajstić information content (AvgIpc) is 3.06. The fourth-order valence-corrected chi connectivity index (χ4v) is 5.91. The molecule has 0 aromatic heterocycles. The summed E-state index contributed by atoms with van der Waals surface area (Å²) in [6, 6.07) is 0. The van der Waals surface area contributed by atoms with Gasteiger partial charge in [0, 0.05) is 13.0 Å². The number of hydrogen-bond donors (Lipinski definition) is 1. The van der Waals surface area contributed by atoms with Crippen LogP contribution in [0.1, 0.15) is 213 Å². The predicted molar refractivity (Wildman–Crippen MR) is 201 cm³/mol. The first-order chi connectivity index (χ1) is 22.7. The summed E-state index contributed by atoms with van der Waals surface area (Å²) < 4.78 is 11.1. The van der Waals surface area contributed by atoms with E-state index in [0.29, 0.717) is 19.6 Å². The highest BCUT2D eigenvalue weighted by molar-refractivity contribution is 5.69. The standard InChI is InChI=1S/C42H80O4/c1-3-5-7-9-11-13-15-17-19-20-21-22-23-25-27-29-31-33-35-37-42(44)46-41(39-43)40-45-38-36-34-32-30-28-26-24-18-16-14-12-10-8-6-4-2/h16-19,41,43H,3-15,20-40H2,1-2H3/b18-16-,19-17-. The summed E-state index contributed by atoms with van der Waals surface area (Å²) in [6.45, 7) is 5.34. The molecule has 0 spiro atoms. The Balaban J connectivity index is 3.42. The zero-order valence-electron chi connectivity index (χ0n) is 31.1. The predicted octanol–water partition coefficient (Wildman–Crippen LogP) is 13.2. The van der Waals surface area contributed by atoms with E-state index in [9.17, 15) is 9.90 Å². The van der Waals surface area contributed by atoms with E-state index in [1.165, 1.54) is 173 Å². The average molecular weight is 649 g/mol. The van der Waals surface area contributed by atoms with Crippen molar-refractivity contribution in [2.24, 2.45) is 0 Å². The molecular weight excluding hydrogens is 568 g/mol. The maximum Gasteiger partial charge on any atom is 0.306 e. The Morgan fingerprint density at radius 2 is 0.848 bits per heavy atom. The SMILES string of the molecule is CCCCCCC/C=C\CCCCCCCCOCC(CO)OC(=O)CCCCCCCCCCC/C=C\CCCCCCCC. The molecule has 0 aliphatic rings. The van der Waals surface area contributed by atoms with Crippen LogP contribution in [0, 0.1) is 0 Å². The number of carbonyl (C=O) groups excluding carboxylic acids is 1. The first-order valence-electron chi connectivity index (χ1n) is 20.4. The van der Waals surface area contributed by atoms with Crippen molar-refractivity contribution in [1.29, 1.82) is 0 Å². The van der Waals surface area contributed by atoms with Gasteiger partial charge < -0.3 is 14.6 Å². The van der Waals surface area contributed by atoms with E-state index < -0.39 is 6.10 Å². The molecule has 0 aromatic carbocycles. The number of ether oxygens (including phenoxy) is 2. The molecule has 0 heterocycles. The van der Waals surface area contributed by atoms with Gasteiger partial charge in [-0.2, -0.15) is 0 Å². The highest BCUT2D eigenvalue weighted by atomic mass is 16.6. The first-order valence-corrected chi connectivity index (χ1v) is 20.4. The number of aliphatic hydroxyl groups excluding tert-OH is 1. The molecule has 0 fully saturated rings. The molecule has 0 aliphatic carbocycles. The van der Waals surface area contributed by atoms with E-state index in [1.54, 1.807) is 0 Å². The van der Waals surface area contributed by atoms with E-state index in [-0.39, 0.29) is 12.6 Å². The van der Waals surface area contributed by atoms with Crippen LogP contribution in [0.5, 0.6) is 0 Å². The Hall–Kier alpha value is -1.13. The lowest BCUT2D eigenvalue weighted by Crippen LogP contribution is -2.27. The van der Waals surface area contributed by atoms with E-state index in [4.69, 9.17) is 9.47 Å². The Labute approximate surface area is 288 Å². The molecule has 4 heteroatoms. The number of carbonyl (C=O) groups is 1. The maximum absolute atomic E-state index is 12.2. The summed E-state index contributed by atoms with van der Waals surface area (Å²) in [5.41, 5.74) is 0. The summed E-state index contributed by atoms with van der Waals surface area (Å²) in [5.74, 6) is -0.203. The van der Waals surface area contributed by atoms with Gasteiger partial charge in [0.2, 0.25) is 0 Å². The second-order valence-corrected chi connectivity index (χ2v) is 13.7. The summed E-state index contributed by atoms with van der Waals surface area (Å²) in [6.07, 6.45) is 48.0. The van der Waals surface area contributed by atoms with Crippen LogP contribution in [0.25, 0.3) is 0 Å². The largest absolute Gasteiger partial charge is 0.457 e. The van der Waals surface area contributed by atoms with E-state index in [1.807, 2.05) is 0 Å². The molecule has 0 bridgehead atoms. The van der Waals surface area contributed by atoms with Gasteiger partial charge in [-0.05, 0) is 64.2 Å². The minimum Gasteiger partial charge on any atom is -0.457 e. The molecule has 1 unspecified atom stereocenters. The zero-order chi connectivity index (χ0) is 33.4. The van der Waals surface area contributed by atoms with Crippen molar-refractivity contribution < 1.29 is 19.4 Å². The molecule has 0 amide bonds. The highest BCUT2D eigenvalue weighted by Gasteiger charge is 2.13. The van der Waals surface area contributed by atoms with Crippen LogP contribution < -0.4 is 0 Å². The van der Waals surface area contributed by atoms with Crippen LogP contribution in [0.2, 0.25) is 0 Å². The zero-order valence-corrected chi connectivity index (χ0v) is 31.1. The summed E-state index contributed by atoms with van der Waals surface area (Å²) in [4.78, 5) is 12.2. The van der Waals surface area contributed by atoms with Gasteiger partial charge >= 0.3 is 5.97 Å². The fourth-order valence-electron chi connectivity index (χ4n) is 5.91. The van der Waals surface area contributed by atoms with Crippen molar-refractivity contribution in [2.75, 3.05) is 19.8 Å². The molecule has 4 nitrogen and oxygen atoms in total. The Bertz CT molecular complexity index is 644. The number of allylic oxidation sites excluding steroid dienone is 4. The molecule has 46 heavy (non-hydrogen) atoms. The molecule has 0 saturated carbocycles. The van der Waals surface area contributed by atoms with E-state index in [0.717, 1.165) is 19.3 Å². The van der Waals surface area contributed by atoms with Crippen LogP contribution in [0.15, 0.2) is 24.3 Å². The molecule has 0 saturated heterocycles. The van der Waals surface area contributed by atoms with E-state index in [2.05, 4.69) is 38.2 Å². The third-order valence-electron chi connectivity index (χ3n) is 9.00. The lowest BCUT2D eigenvalue weighted by molar-refractivity contribution is -0.154. The smallest absolute Gasteiger partial charge is 0.306 e. The fraction of sp³-hybridized carbons (Fsp3) is 0.881. The van der Waals surface area contributed by atoms with Crippen molar-refractivity contribution in [1.82, 2.24) is 0 Å². The summed E-state index contributed by atoms with van der Waals surface area (Å²) in [7, 11) is 0. The molecular formula is C42H80O4. The van der Waals surface area contributed by atoms with Gasteiger partial charge in [-0.25, -0.2) is 0 Å². The monoisotopic (exact) mass is 649 g/mol. The summed E-state index contributed by atoms with van der Waals surface area (Å²) in [5, 5.41) is 9.58. The lowest BCUT2D eigenvalue weighted by atomic mass is 10.1. The van der Waals surface area contributed by atoms with Crippen LogP contribution in [-0.2, 0) is 14.3 Å². The Morgan fingerprint density at radius 3 is 1.24 bits per heavy atom. The summed E-state index contributed by atoms with van der Waals surface area (Å²) >= 11 is 0. The van der Waals surface area contributed by atoms with Crippen LogP contribution in [0.4, 0.5) is 0 Å². The molecule has 0 aromatic rings. The molecule has 0 aliphatic heterocycles. The van der Waals surface area contributed by atoms with Gasteiger partial charge in [0.05, 0.1) is 13.2 Å². The van der Waals surface area contributed by atoms with Gasteiger partial charge in [0.1, 0.15) is 6.10 Å². The van der Waals surface area contributed by atoms with Crippen LogP contribution in [0.3, 0.4) is 0 Å². The third-order valence-corrected chi connectivity index (χ3v) is 9.00. The van der Waals surface area contributed by atoms with E-state index >= 15 is 0 Å². The first kappa shape index (κ1) is 44.9. The van der Waals surface area contributed by atoms with Crippen LogP contribution in [-0.4, -0.2) is 37.0 Å². The number of rotatable bonds is 38. The Kier molecular flexibility index (Phi) is 39.1. The molecule has 272 valence electrons. The van der Waals surface area contributed by atoms with Gasteiger partial charge in [-0.3, -0.25) is 4.79 Å². The van der Waals surface area contributed by atoms with Crippen molar-refractivity contribution in [2.45, 2.75) is 219 Å². The molecule has 1 atom stereocenters. The third kappa shape index (κ3) is 37.3. The van der Waals surface area contributed by atoms with Crippen molar-refractivity contribution in [3.05, 3.63) is 24.3 Å². The minimum absolute atomic E-state index is 0.172. The Morgan fingerprint density at radius 1 is 0.500 bits per heavy atom. The van der Waals surface area contributed by atoms with Gasteiger partial charge in [0.15, 0.2) is 0 Å². The molecule has 1 N–H and O–H groups in total. The topological polar surface area (TPSA) is 55.8 Å². The van der Waals surface area contributed by atoms with Crippen molar-refractivity contribution >= 4 is 5.97 Å². The normalized spacial score (nSPS) is 12.5. The van der Waals surface area contributed by atoms with Gasteiger partial charge in [-0.15, -0.1) is 0 Å². The molecule has 0 radical (unpaired) electrons. The van der Waals surface area contributed by atoms with Gasteiger partial charge in [0.25, 0.3) is 0 Å². The second kappa shape index (κ2) is 40.0. The van der Waals surface area contributed by atoms with Crippen molar-refractivity contribution in [3.63, 3.8) is 0 Å². The quantitative estimate of drug-likeness (QED) is 0.0411. The highest BCUT2D eigenvalue weighted by Crippen LogP contribution is 2.14. The lowest BCUT2D eigenvalue weighted by Gasteiger charge is -2.15.